The minimum Gasteiger partial charge on any atom is -0.390 e. The van der Waals surface area contributed by atoms with Crippen LogP contribution < -0.4 is 0 Å². The Morgan fingerprint density at radius 3 is 2.50 bits per heavy atom. The number of hydrogen-bond donors (Lipinski definition) is 1. The number of β-amino-alcohol motifs (C(OH)–C–C–N with tert-alkyl or cyclic N) is 1. The lowest BCUT2D eigenvalue weighted by Crippen LogP contribution is -2.39. The highest BCUT2D eigenvalue weighted by molar-refractivity contribution is 6.18. The second-order valence-electron chi connectivity index (χ2n) is 4.18. The van der Waals surface area contributed by atoms with E-state index >= 15 is 0 Å². The Morgan fingerprint density at radius 2 is 2.14 bits per heavy atom. The smallest absolute Gasteiger partial charge is 0.235 e. The average Bonchev–Trinajstić information content (AvgIpc) is 2.28. The van der Waals surface area contributed by atoms with Crippen molar-refractivity contribution in [3.63, 3.8) is 0 Å². The van der Waals surface area contributed by atoms with Crippen LogP contribution in [0.3, 0.4) is 0 Å². The second kappa shape index (κ2) is 3.87. The number of aliphatic hydroxyl groups is 1. The summed E-state index contributed by atoms with van der Waals surface area (Å²) in [5.41, 5.74) is -0.636. The molecule has 1 unspecified atom stereocenters. The topological polar surface area (TPSA) is 57.6 Å². The first-order valence-electron chi connectivity index (χ1n) is 4.47. The van der Waals surface area contributed by atoms with Gasteiger partial charge >= 0.3 is 0 Å². The summed E-state index contributed by atoms with van der Waals surface area (Å²) in [6.07, 6.45) is -0.626. The zero-order valence-corrected chi connectivity index (χ0v) is 9.04. The van der Waals surface area contributed by atoms with Gasteiger partial charge in [-0.25, -0.2) is 0 Å². The molecule has 0 bridgehead atoms. The molecule has 1 rings (SSSR count). The molecule has 4 nitrogen and oxygen atoms in total. The SMILES string of the molecule is CC1(C)CC(=O)N(CC(O)CCl)C1=O. The molecule has 0 radical (unpaired) electrons. The van der Waals surface area contributed by atoms with Crippen molar-refractivity contribution < 1.29 is 14.7 Å². The van der Waals surface area contributed by atoms with Crippen molar-refractivity contribution >= 4 is 23.4 Å². The summed E-state index contributed by atoms with van der Waals surface area (Å²) in [5, 5.41) is 9.25. The number of carbonyl (C=O) groups excluding carboxylic acids is 2. The Labute approximate surface area is 87.8 Å². The predicted molar refractivity (Wildman–Crippen MR) is 51.8 cm³/mol. The van der Waals surface area contributed by atoms with Crippen molar-refractivity contribution in [2.24, 2.45) is 5.41 Å². The van der Waals surface area contributed by atoms with Crippen LogP contribution in [0.4, 0.5) is 0 Å². The molecule has 0 aromatic carbocycles. The van der Waals surface area contributed by atoms with E-state index in [1.807, 2.05) is 0 Å². The van der Waals surface area contributed by atoms with E-state index in [1.165, 1.54) is 0 Å². The maximum atomic E-state index is 11.6. The number of hydrogen-bond acceptors (Lipinski definition) is 3. The van der Waals surface area contributed by atoms with Crippen molar-refractivity contribution in [1.82, 2.24) is 4.90 Å². The summed E-state index contributed by atoms with van der Waals surface area (Å²) in [4.78, 5) is 24.1. The quantitative estimate of drug-likeness (QED) is 0.551. The molecule has 1 aliphatic heterocycles. The highest BCUT2D eigenvalue weighted by Crippen LogP contribution is 2.31. The fourth-order valence-electron chi connectivity index (χ4n) is 1.47. The van der Waals surface area contributed by atoms with Crippen molar-refractivity contribution in [3.8, 4) is 0 Å². The van der Waals surface area contributed by atoms with Gasteiger partial charge in [-0.3, -0.25) is 14.5 Å². The molecule has 80 valence electrons. The fourth-order valence-corrected chi connectivity index (χ4v) is 1.57. The van der Waals surface area contributed by atoms with Crippen LogP contribution in [0, 0.1) is 5.41 Å². The third-order valence-corrected chi connectivity index (χ3v) is 2.65. The minimum atomic E-state index is -0.835. The van der Waals surface area contributed by atoms with Crippen LogP contribution in [0.1, 0.15) is 20.3 Å². The molecule has 1 heterocycles. The molecule has 1 N–H and O–H groups in total. The first-order chi connectivity index (χ1) is 6.38. The Bertz CT molecular complexity index is 265. The monoisotopic (exact) mass is 219 g/mol. The first-order valence-corrected chi connectivity index (χ1v) is 5.01. The molecule has 0 spiro atoms. The molecule has 1 aliphatic rings. The summed E-state index contributed by atoms with van der Waals surface area (Å²) in [6.45, 7) is 3.45. The summed E-state index contributed by atoms with van der Waals surface area (Å²) < 4.78 is 0. The van der Waals surface area contributed by atoms with Gasteiger partial charge in [0.1, 0.15) is 0 Å². The van der Waals surface area contributed by atoms with Gasteiger partial charge in [0.25, 0.3) is 0 Å². The molecule has 0 saturated carbocycles. The van der Waals surface area contributed by atoms with Crippen LogP contribution in [-0.2, 0) is 9.59 Å². The zero-order valence-electron chi connectivity index (χ0n) is 8.29. The Hall–Kier alpha value is -0.610. The highest BCUT2D eigenvalue weighted by Gasteiger charge is 2.44. The third kappa shape index (κ3) is 2.07. The van der Waals surface area contributed by atoms with Crippen LogP contribution in [0.15, 0.2) is 0 Å². The second-order valence-corrected chi connectivity index (χ2v) is 4.49. The van der Waals surface area contributed by atoms with Gasteiger partial charge in [-0.1, -0.05) is 13.8 Å². The largest absolute Gasteiger partial charge is 0.390 e. The molecule has 1 saturated heterocycles. The van der Waals surface area contributed by atoms with Gasteiger partial charge in [-0.05, 0) is 0 Å². The fraction of sp³-hybridized carbons (Fsp3) is 0.778. The number of rotatable bonds is 3. The van der Waals surface area contributed by atoms with Crippen LogP contribution in [0.5, 0.6) is 0 Å². The van der Waals surface area contributed by atoms with E-state index in [0.29, 0.717) is 0 Å². The van der Waals surface area contributed by atoms with E-state index in [1.54, 1.807) is 13.8 Å². The normalized spacial score (nSPS) is 23.0. The number of alkyl halides is 1. The summed E-state index contributed by atoms with van der Waals surface area (Å²) in [5.74, 6) is -0.437. The number of nitrogens with zero attached hydrogens (tertiary/aromatic N) is 1. The Kier molecular flexibility index (Phi) is 3.17. The van der Waals surface area contributed by atoms with Gasteiger partial charge in [0.05, 0.1) is 23.9 Å². The van der Waals surface area contributed by atoms with E-state index in [2.05, 4.69) is 0 Å². The lowest BCUT2D eigenvalue weighted by Gasteiger charge is -2.19. The van der Waals surface area contributed by atoms with Gasteiger partial charge in [-0.2, -0.15) is 0 Å². The maximum Gasteiger partial charge on any atom is 0.235 e. The molecular formula is C9H14ClNO3. The van der Waals surface area contributed by atoms with Crippen molar-refractivity contribution in [1.29, 1.82) is 0 Å². The van der Waals surface area contributed by atoms with E-state index in [4.69, 9.17) is 11.6 Å². The highest BCUT2D eigenvalue weighted by atomic mass is 35.5. The van der Waals surface area contributed by atoms with Crippen molar-refractivity contribution in [3.05, 3.63) is 0 Å². The number of amides is 2. The van der Waals surface area contributed by atoms with Crippen LogP contribution in [-0.4, -0.2) is 40.3 Å². The van der Waals surface area contributed by atoms with E-state index < -0.39 is 11.5 Å². The Morgan fingerprint density at radius 1 is 1.57 bits per heavy atom. The summed E-state index contributed by atoms with van der Waals surface area (Å²) in [6, 6.07) is 0. The van der Waals surface area contributed by atoms with E-state index in [-0.39, 0.29) is 30.7 Å². The van der Waals surface area contributed by atoms with E-state index in [9.17, 15) is 14.7 Å². The summed E-state index contributed by atoms with van der Waals surface area (Å²) >= 11 is 5.40. The van der Waals surface area contributed by atoms with Crippen LogP contribution >= 0.6 is 11.6 Å². The van der Waals surface area contributed by atoms with Gasteiger partial charge in [0.2, 0.25) is 11.8 Å². The molecule has 1 fully saturated rings. The van der Waals surface area contributed by atoms with Crippen molar-refractivity contribution in [2.45, 2.75) is 26.4 Å². The number of aliphatic hydroxyl groups excluding tert-OH is 1. The van der Waals surface area contributed by atoms with Gasteiger partial charge < -0.3 is 5.11 Å². The number of carbonyl (C=O) groups is 2. The number of likely N-dealkylation sites (tertiary alicyclic amines) is 1. The zero-order chi connectivity index (χ0) is 10.9. The minimum absolute atomic E-state index is 0.00456. The third-order valence-electron chi connectivity index (χ3n) is 2.29. The van der Waals surface area contributed by atoms with Crippen molar-refractivity contribution in [2.75, 3.05) is 12.4 Å². The predicted octanol–water partition coefficient (Wildman–Crippen LogP) is 0.371. The molecule has 14 heavy (non-hydrogen) atoms. The molecule has 1 atom stereocenters. The van der Waals surface area contributed by atoms with Gasteiger partial charge in [0, 0.05) is 6.42 Å². The van der Waals surface area contributed by atoms with E-state index in [0.717, 1.165) is 4.90 Å². The molecule has 0 aromatic rings. The number of imide groups is 1. The lowest BCUT2D eigenvalue weighted by molar-refractivity contribution is -0.142. The standard InChI is InChI=1S/C9H14ClNO3/c1-9(2)3-7(13)11(8(9)14)5-6(12)4-10/h6,12H,3-5H2,1-2H3. The lowest BCUT2D eigenvalue weighted by atomic mass is 9.92. The van der Waals surface area contributed by atoms with Gasteiger partial charge in [-0.15, -0.1) is 11.6 Å². The number of halogens is 1. The molecular weight excluding hydrogens is 206 g/mol. The van der Waals surface area contributed by atoms with Crippen LogP contribution in [0.25, 0.3) is 0 Å². The molecule has 0 aliphatic carbocycles. The van der Waals surface area contributed by atoms with Crippen LogP contribution in [0.2, 0.25) is 0 Å². The molecule has 0 aromatic heterocycles. The average molecular weight is 220 g/mol. The first kappa shape index (κ1) is 11.5. The molecule has 5 heteroatoms. The summed E-state index contributed by atoms with van der Waals surface area (Å²) in [7, 11) is 0. The van der Waals surface area contributed by atoms with Gasteiger partial charge in [0.15, 0.2) is 0 Å². The maximum absolute atomic E-state index is 11.6. The Balaban J connectivity index is 2.71. The molecule has 2 amide bonds.